The van der Waals surface area contributed by atoms with Gasteiger partial charge >= 0.3 is 0 Å². The minimum atomic E-state index is -0.394. The Morgan fingerprint density at radius 3 is 2.76 bits per heavy atom. The molecule has 0 N–H and O–H groups in total. The maximum absolute atomic E-state index is 13.8. The van der Waals surface area contributed by atoms with Crippen molar-refractivity contribution in [3.05, 3.63) is 23.8 Å². The van der Waals surface area contributed by atoms with E-state index >= 15 is 0 Å². The quantitative estimate of drug-likeness (QED) is 0.527. The molecule has 0 radical (unpaired) electrons. The van der Waals surface area contributed by atoms with Crippen molar-refractivity contribution in [2.75, 3.05) is 7.11 Å². The van der Waals surface area contributed by atoms with E-state index in [9.17, 15) is 4.39 Å². The molecule has 0 aliphatic carbocycles. The Labute approximate surface area is 130 Å². The Morgan fingerprint density at radius 2 is 2.14 bits per heavy atom. The number of aromatic nitrogens is 2. The molecule has 1 unspecified atom stereocenters. The molecule has 2 aromatic rings. The minimum absolute atomic E-state index is 0.241. The van der Waals surface area contributed by atoms with Crippen molar-refractivity contribution in [2.24, 2.45) is 0 Å². The van der Waals surface area contributed by atoms with Crippen molar-refractivity contribution in [3.8, 4) is 5.75 Å². The van der Waals surface area contributed by atoms with Gasteiger partial charge in [-0.15, -0.1) is 11.6 Å². The zero-order chi connectivity index (χ0) is 15.4. The molecule has 1 heterocycles. The van der Waals surface area contributed by atoms with E-state index in [0.29, 0.717) is 11.4 Å². The number of benzene rings is 1. The number of rotatable bonds is 7. The first-order chi connectivity index (χ1) is 10.1. The van der Waals surface area contributed by atoms with Crippen LogP contribution < -0.4 is 4.74 Å². The van der Waals surface area contributed by atoms with Crippen LogP contribution in [0.1, 0.15) is 51.4 Å². The number of hydrogen-bond donors (Lipinski definition) is 0. The molecule has 2 rings (SSSR count). The number of halogens is 2. The van der Waals surface area contributed by atoms with Crippen molar-refractivity contribution in [1.82, 2.24) is 9.55 Å². The zero-order valence-corrected chi connectivity index (χ0v) is 13.6. The van der Waals surface area contributed by atoms with Crippen LogP contribution in [0.5, 0.6) is 5.75 Å². The number of ether oxygens (including phenoxy) is 1. The Morgan fingerprint density at radius 1 is 1.38 bits per heavy atom. The van der Waals surface area contributed by atoms with E-state index in [-0.39, 0.29) is 11.8 Å². The molecule has 0 amide bonds. The molecule has 21 heavy (non-hydrogen) atoms. The van der Waals surface area contributed by atoms with Crippen molar-refractivity contribution in [2.45, 2.75) is 51.5 Å². The van der Waals surface area contributed by atoms with Gasteiger partial charge in [-0.3, -0.25) is 0 Å². The fourth-order valence-corrected chi connectivity index (χ4v) is 2.90. The molecule has 0 spiro atoms. The summed E-state index contributed by atoms with van der Waals surface area (Å²) in [5.41, 5.74) is 1.51. The van der Waals surface area contributed by atoms with Crippen molar-refractivity contribution >= 4 is 22.6 Å². The van der Waals surface area contributed by atoms with Crippen molar-refractivity contribution < 1.29 is 9.13 Å². The number of imidazole rings is 1. The van der Waals surface area contributed by atoms with E-state index < -0.39 is 5.82 Å². The molecule has 0 aliphatic heterocycles. The average molecular weight is 313 g/mol. The van der Waals surface area contributed by atoms with Crippen molar-refractivity contribution in [3.63, 3.8) is 0 Å². The molecule has 0 saturated carbocycles. The van der Waals surface area contributed by atoms with Crippen LogP contribution in [0.4, 0.5) is 4.39 Å². The van der Waals surface area contributed by atoms with Gasteiger partial charge in [-0.2, -0.15) is 0 Å². The Balaban J connectivity index is 2.44. The van der Waals surface area contributed by atoms with Crippen LogP contribution in [0.2, 0.25) is 0 Å². The highest BCUT2D eigenvalue weighted by molar-refractivity contribution is 6.16. The van der Waals surface area contributed by atoms with Gasteiger partial charge in [0.05, 0.1) is 24.0 Å². The van der Waals surface area contributed by atoms with Crippen LogP contribution >= 0.6 is 11.6 Å². The third-order valence-corrected chi connectivity index (χ3v) is 4.06. The first-order valence-corrected chi connectivity index (χ1v) is 7.96. The molecule has 0 saturated heterocycles. The zero-order valence-electron chi connectivity index (χ0n) is 12.8. The minimum Gasteiger partial charge on any atom is -0.494 e. The summed E-state index contributed by atoms with van der Waals surface area (Å²) >= 11 is 6.01. The summed E-state index contributed by atoms with van der Waals surface area (Å²) in [7, 11) is 1.47. The first-order valence-electron chi connectivity index (χ1n) is 7.42. The summed E-state index contributed by atoms with van der Waals surface area (Å²) in [6, 6.07) is 3.41. The van der Waals surface area contributed by atoms with Crippen LogP contribution in [0.15, 0.2) is 12.1 Å². The summed E-state index contributed by atoms with van der Waals surface area (Å²) in [6.07, 6.45) is 4.63. The lowest BCUT2D eigenvalue weighted by molar-refractivity contribution is 0.387. The van der Waals surface area contributed by atoms with Gasteiger partial charge in [0.2, 0.25) is 0 Å². The molecule has 0 aliphatic rings. The lowest BCUT2D eigenvalue weighted by Crippen LogP contribution is -2.08. The summed E-state index contributed by atoms with van der Waals surface area (Å²) in [5.74, 6) is 0.944. The number of hydrogen-bond acceptors (Lipinski definition) is 2. The van der Waals surface area contributed by atoms with Crippen molar-refractivity contribution in [1.29, 1.82) is 0 Å². The highest BCUT2D eigenvalue weighted by Crippen LogP contribution is 2.30. The number of nitrogens with zero attached hydrogens (tertiary/aromatic N) is 2. The van der Waals surface area contributed by atoms with E-state index in [1.165, 1.54) is 26.0 Å². The SMILES string of the molecule is CCCCCC(C)n1c(CCl)nc2cc(F)c(OC)cc21. The molecule has 116 valence electrons. The van der Waals surface area contributed by atoms with Crippen LogP contribution in [-0.4, -0.2) is 16.7 Å². The molecule has 3 nitrogen and oxygen atoms in total. The van der Waals surface area contributed by atoms with Crippen LogP contribution in [0.25, 0.3) is 11.0 Å². The Kier molecular flexibility index (Phi) is 5.45. The smallest absolute Gasteiger partial charge is 0.167 e. The Hall–Kier alpha value is -1.29. The molecule has 1 aromatic carbocycles. The fourth-order valence-electron chi connectivity index (χ4n) is 2.71. The lowest BCUT2D eigenvalue weighted by Gasteiger charge is -2.17. The van der Waals surface area contributed by atoms with Crippen LogP contribution in [-0.2, 0) is 5.88 Å². The van der Waals surface area contributed by atoms with Gasteiger partial charge < -0.3 is 9.30 Å². The molecule has 0 bridgehead atoms. The number of methoxy groups -OCH3 is 1. The monoisotopic (exact) mass is 312 g/mol. The topological polar surface area (TPSA) is 27.1 Å². The predicted molar refractivity (Wildman–Crippen MR) is 84.7 cm³/mol. The third-order valence-electron chi connectivity index (χ3n) is 3.82. The first kappa shape index (κ1) is 16.1. The molecule has 0 fully saturated rings. The number of unbranched alkanes of at least 4 members (excludes halogenated alkanes) is 2. The molecule has 1 atom stereocenters. The normalized spacial score (nSPS) is 12.8. The van der Waals surface area contributed by atoms with Gasteiger partial charge in [0, 0.05) is 18.2 Å². The van der Waals surface area contributed by atoms with Crippen LogP contribution in [0.3, 0.4) is 0 Å². The van der Waals surface area contributed by atoms with E-state index in [1.54, 1.807) is 6.07 Å². The highest BCUT2D eigenvalue weighted by atomic mass is 35.5. The maximum atomic E-state index is 13.8. The summed E-state index contributed by atoms with van der Waals surface area (Å²) < 4.78 is 21.0. The number of alkyl halides is 1. The van der Waals surface area contributed by atoms with Crippen LogP contribution in [0, 0.1) is 5.82 Å². The van der Waals surface area contributed by atoms with Gasteiger partial charge in [0.1, 0.15) is 5.82 Å². The third kappa shape index (κ3) is 3.31. The van der Waals surface area contributed by atoms with E-state index in [0.717, 1.165) is 24.2 Å². The second-order valence-corrected chi connectivity index (χ2v) is 5.62. The average Bonchev–Trinajstić information content (AvgIpc) is 2.83. The highest BCUT2D eigenvalue weighted by Gasteiger charge is 2.17. The fraction of sp³-hybridized carbons (Fsp3) is 0.562. The van der Waals surface area contributed by atoms with Gasteiger partial charge in [0.25, 0.3) is 0 Å². The summed E-state index contributed by atoms with van der Waals surface area (Å²) in [6.45, 7) is 4.35. The summed E-state index contributed by atoms with van der Waals surface area (Å²) in [5, 5.41) is 0. The maximum Gasteiger partial charge on any atom is 0.167 e. The predicted octanol–water partition coefficient (Wildman–Crippen LogP) is 5.06. The number of fused-ring (bicyclic) bond motifs is 1. The molecular formula is C16H22ClFN2O. The van der Waals surface area contributed by atoms with E-state index in [4.69, 9.17) is 16.3 Å². The van der Waals surface area contributed by atoms with E-state index in [2.05, 4.69) is 23.4 Å². The molecular weight excluding hydrogens is 291 g/mol. The lowest BCUT2D eigenvalue weighted by atomic mass is 10.1. The standard InChI is InChI=1S/C16H22ClFN2O/c1-4-5-6-7-11(2)20-14-9-15(21-3)12(18)8-13(14)19-16(20)10-17/h8-9,11H,4-7,10H2,1-3H3. The van der Waals surface area contributed by atoms with Gasteiger partial charge in [0.15, 0.2) is 11.6 Å². The van der Waals surface area contributed by atoms with E-state index in [1.807, 2.05) is 0 Å². The van der Waals surface area contributed by atoms with Gasteiger partial charge in [-0.1, -0.05) is 26.2 Å². The second-order valence-electron chi connectivity index (χ2n) is 5.35. The van der Waals surface area contributed by atoms with Gasteiger partial charge in [-0.05, 0) is 13.3 Å². The molecule has 1 aromatic heterocycles. The van der Waals surface area contributed by atoms with Gasteiger partial charge in [-0.25, -0.2) is 9.37 Å². The molecule has 5 heteroatoms. The largest absolute Gasteiger partial charge is 0.494 e. The second kappa shape index (κ2) is 7.12. The Bertz CT molecular complexity index is 612. The summed E-state index contributed by atoms with van der Waals surface area (Å²) in [4.78, 5) is 4.45.